The summed E-state index contributed by atoms with van der Waals surface area (Å²) < 4.78 is 3.18. The molecule has 0 unspecified atom stereocenters. The quantitative estimate of drug-likeness (QED) is 0.423. The number of hydrogen-bond acceptors (Lipinski definition) is 5. The molecular formula is C23H19N5OS. The van der Waals surface area contributed by atoms with Gasteiger partial charge in [0.25, 0.3) is 5.91 Å². The largest absolute Gasteiger partial charge is 0.378 e. The number of aryl methyl sites for hydroxylation is 1. The van der Waals surface area contributed by atoms with Gasteiger partial charge in [-0.2, -0.15) is 0 Å². The Morgan fingerprint density at radius 3 is 2.70 bits per heavy atom. The molecule has 0 saturated carbocycles. The number of para-hydroxylation sites is 2. The molecule has 0 atom stereocenters. The first kappa shape index (κ1) is 18.3. The van der Waals surface area contributed by atoms with Crippen LogP contribution in [0.4, 0.5) is 11.4 Å². The highest BCUT2D eigenvalue weighted by Gasteiger charge is 2.12. The number of nitrogens with zero attached hydrogens (tertiary/aromatic N) is 3. The second kappa shape index (κ2) is 7.61. The number of amides is 1. The van der Waals surface area contributed by atoms with Crippen LogP contribution in [0.2, 0.25) is 0 Å². The van der Waals surface area contributed by atoms with E-state index in [1.165, 1.54) is 11.3 Å². The number of hydrogen-bond donors (Lipinski definition) is 2. The first-order chi connectivity index (χ1) is 14.7. The van der Waals surface area contributed by atoms with Crippen LogP contribution < -0.4 is 10.6 Å². The lowest BCUT2D eigenvalue weighted by Gasteiger charge is -2.07. The number of nitrogens with one attached hydrogen (secondary N) is 2. The van der Waals surface area contributed by atoms with Gasteiger partial charge in [-0.25, -0.2) is 4.98 Å². The topological polar surface area (TPSA) is 71.8 Å². The van der Waals surface area contributed by atoms with Crippen molar-refractivity contribution in [3.05, 3.63) is 83.8 Å². The molecule has 7 heteroatoms. The predicted octanol–water partition coefficient (Wildman–Crippen LogP) is 5.05. The number of fused-ring (bicyclic) bond motifs is 2. The third-order valence-corrected chi connectivity index (χ3v) is 6.12. The van der Waals surface area contributed by atoms with Crippen LogP contribution in [0.3, 0.4) is 0 Å². The highest BCUT2D eigenvalue weighted by Crippen LogP contribution is 2.29. The van der Waals surface area contributed by atoms with Crippen molar-refractivity contribution in [2.75, 3.05) is 10.6 Å². The molecule has 0 bridgehead atoms. The van der Waals surface area contributed by atoms with Crippen LogP contribution in [0.5, 0.6) is 0 Å². The molecular weight excluding hydrogens is 394 g/mol. The summed E-state index contributed by atoms with van der Waals surface area (Å²) in [6.45, 7) is 0.621. The van der Waals surface area contributed by atoms with E-state index < -0.39 is 0 Å². The van der Waals surface area contributed by atoms with Crippen molar-refractivity contribution in [2.45, 2.75) is 6.54 Å². The van der Waals surface area contributed by atoms with E-state index in [1.54, 1.807) is 24.5 Å². The summed E-state index contributed by atoms with van der Waals surface area (Å²) >= 11 is 1.48. The third kappa shape index (κ3) is 3.51. The van der Waals surface area contributed by atoms with Crippen LogP contribution in [-0.4, -0.2) is 20.4 Å². The van der Waals surface area contributed by atoms with Crippen molar-refractivity contribution in [3.8, 4) is 0 Å². The molecule has 0 aliphatic rings. The zero-order valence-electron chi connectivity index (χ0n) is 16.3. The van der Waals surface area contributed by atoms with Crippen LogP contribution in [0.1, 0.15) is 15.5 Å². The molecule has 30 heavy (non-hydrogen) atoms. The van der Waals surface area contributed by atoms with E-state index >= 15 is 0 Å². The fourth-order valence-corrected chi connectivity index (χ4v) is 4.37. The molecule has 3 heterocycles. The molecule has 0 aliphatic heterocycles. The summed E-state index contributed by atoms with van der Waals surface area (Å²) in [5.74, 6) is 0.857. The van der Waals surface area contributed by atoms with Crippen molar-refractivity contribution in [3.63, 3.8) is 0 Å². The summed E-state index contributed by atoms with van der Waals surface area (Å²) in [6, 6.07) is 19.7. The van der Waals surface area contributed by atoms with Gasteiger partial charge in [0.15, 0.2) is 0 Å². The minimum absolute atomic E-state index is 0.114. The standard InChI is InChI=1S/C23H19N5OS/c1-28-19-5-3-2-4-18(19)27-22(28)14-25-17-6-7-20-15(12-17)13-21(30-20)23(29)26-16-8-10-24-11-9-16/h2-13,25H,14H2,1H3,(H,24,26,29). The van der Waals surface area contributed by atoms with Gasteiger partial charge in [-0.15, -0.1) is 11.3 Å². The van der Waals surface area contributed by atoms with Crippen LogP contribution >= 0.6 is 11.3 Å². The minimum Gasteiger partial charge on any atom is -0.378 e. The van der Waals surface area contributed by atoms with Crippen molar-refractivity contribution < 1.29 is 4.79 Å². The second-order valence-corrected chi connectivity index (χ2v) is 8.07. The maximum Gasteiger partial charge on any atom is 0.265 e. The SMILES string of the molecule is Cn1c(CNc2ccc3sc(C(=O)Nc4ccncc4)cc3c2)nc2ccccc21. The minimum atomic E-state index is -0.114. The average molecular weight is 414 g/mol. The first-order valence-electron chi connectivity index (χ1n) is 9.56. The van der Waals surface area contributed by atoms with Gasteiger partial charge in [0, 0.05) is 35.5 Å². The molecule has 0 radical (unpaired) electrons. The van der Waals surface area contributed by atoms with Gasteiger partial charge in [0.1, 0.15) is 5.82 Å². The van der Waals surface area contributed by atoms with Crippen LogP contribution in [-0.2, 0) is 13.6 Å². The predicted molar refractivity (Wildman–Crippen MR) is 122 cm³/mol. The van der Waals surface area contributed by atoms with Gasteiger partial charge >= 0.3 is 0 Å². The number of thiophene rings is 1. The summed E-state index contributed by atoms with van der Waals surface area (Å²) in [6.07, 6.45) is 3.31. The molecule has 1 amide bonds. The van der Waals surface area contributed by atoms with Crippen molar-refractivity contribution in [1.29, 1.82) is 0 Å². The van der Waals surface area contributed by atoms with Crippen LogP contribution in [0.15, 0.2) is 73.1 Å². The molecule has 5 aromatic rings. The van der Waals surface area contributed by atoms with Crippen LogP contribution in [0, 0.1) is 0 Å². The molecule has 0 saturated heterocycles. The van der Waals surface area contributed by atoms with Gasteiger partial charge in [-0.1, -0.05) is 12.1 Å². The molecule has 0 fully saturated rings. The van der Waals surface area contributed by atoms with Crippen molar-refractivity contribution >= 4 is 49.7 Å². The second-order valence-electron chi connectivity index (χ2n) is 6.98. The molecule has 2 N–H and O–H groups in total. The average Bonchev–Trinajstić information content (AvgIpc) is 3.34. The number of pyridine rings is 1. The van der Waals surface area contributed by atoms with E-state index in [1.807, 2.05) is 43.4 Å². The number of benzene rings is 2. The summed E-state index contributed by atoms with van der Waals surface area (Å²) in [7, 11) is 2.03. The number of imidazole rings is 1. The smallest absolute Gasteiger partial charge is 0.265 e. The van der Waals surface area contributed by atoms with E-state index in [9.17, 15) is 4.79 Å². The molecule has 3 aromatic heterocycles. The Morgan fingerprint density at radius 2 is 1.87 bits per heavy atom. The maximum atomic E-state index is 12.6. The van der Waals surface area contributed by atoms with Gasteiger partial charge < -0.3 is 15.2 Å². The third-order valence-electron chi connectivity index (χ3n) is 5.01. The van der Waals surface area contributed by atoms with E-state index in [0.29, 0.717) is 11.4 Å². The maximum absolute atomic E-state index is 12.6. The molecule has 0 aliphatic carbocycles. The van der Waals surface area contributed by atoms with E-state index in [4.69, 9.17) is 4.98 Å². The van der Waals surface area contributed by atoms with Crippen molar-refractivity contribution in [2.24, 2.45) is 7.05 Å². The number of aromatic nitrogens is 3. The number of rotatable bonds is 5. The van der Waals surface area contributed by atoms with Gasteiger partial charge in [0.05, 0.1) is 22.5 Å². The number of carbonyl (C=O) groups excluding carboxylic acids is 1. The van der Waals surface area contributed by atoms with Gasteiger partial charge in [-0.3, -0.25) is 9.78 Å². The molecule has 5 rings (SSSR count). The highest BCUT2D eigenvalue weighted by atomic mass is 32.1. The Labute approximate surface area is 177 Å². The Kier molecular flexibility index (Phi) is 4.65. The highest BCUT2D eigenvalue weighted by molar-refractivity contribution is 7.20. The summed E-state index contributed by atoms with van der Waals surface area (Å²) in [5, 5.41) is 7.39. The Bertz CT molecular complexity index is 1360. The summed E-state index contributed by atoms with van der Waals surface area (Å²) in [4.78, 5) is 21.9. The lowest BCUT2D eigenvalue weighted by molar-refractivity contribution is 0.103. The fraction of sp³-hybridized carbons (Fsp3) is 0.0870. The first-order valence-corrected chi connectivity index (χ1v) is 10.4. The number of anilines is 2. The monoisotopic (exact) mass is 413 g/mol. The Morgan fingerprint density at radius 1 is 1.03 bits per heavy atom. The molecule has 2 aromatic carbocycles. The Balaban J connectivity index is 1.33. The van der Waals surface area contributed by atoms with E-state index in [2.05, 4.69) is 32.3 Å². The lowest BCUT2D eigenvalue weighted by atomic mass is 10.2. The lowest BCUT2D eigenvalue weighted by Crippen LogP contribution is -2.09. The fourth-order valence-electron chi connectivity index (χ4n) is 3.43. The number of carbonyl (C=O) groups is 1. The van der Waals surface area contributed by atoms with Gasteiger partial charge in [0.2, 0.25) is 0 Å². The molecule has 6 nitrogen and oxygen atoms in total. The summed E-state index contributed by atoms with van der Waals surface area (Å²) in [5.41, 5.74) is 3.84. The van der Waals surface area contributed by atoms with Crippen LogP contribution in [0.25, 0.3) is 21.1 Å². The van der Waals surface area contributed by atoms with Gasteiger partial charge in [-0.05, 0) is 53.9 Å². The zero-order valence-corrected chi connectivity index (χ0v) is 17.1. The zero-order chi connectivity index (χ0) is 20.5. The normalized spacial score (nSPS) is 11.1. The molecule has 0 spiro atoms. The van der Waals surface area contributed by atoms with E-state index in [-0.39, 0.29) is 5.91 Å². The Hall–Kier alpha value is -3.71. The van der Waals surface area contributed by atoms with Crippen molar-refractivity contribution in [1.82, 2.24) is 14.5 Å². The van der Waals surface area contributed by atoms with E-state index in [0.717, 1.165) is 38.3 Å². The molecule has 148 valence electrons.